The molecular formula is C61H61NaO10. The fraction of sp³-hybridized carbons (Fsp3) is 0.311. The van der Waals surface area contributed by atoms with Crippen LogP contribution in [0.1, 0.15) is 109 Å². The van der Waals surface area contributed by atoms with Crippen molar-refractivity contribution in [3.8, 4) is 34.5 Å². The van der Waals surface area contributed by atoms with Gasteiger partial charge in [-0.1, -0.05) is 75.2 Å². The molecule has 0 aliphatic heterocycles. The molecule has 366 valence electrons. The molecular weight excluding hydrogens is 916 g/mol. The minimum Gasteiger partial charge on any atom is -0.549 e. The third-order valence-electron chi connectivity index (χ3n) is 13.4. The summed E-state index contributed by atoms with van der Waals surface area (Å²) in [5, 5.41) is 13.7. The average molecular weight is 977 g/mol. The number of carboxylic acid groups (broad SMARTS) is 1. The molecule has 0 radical (unpaired) electrons. The fourth-order valence-corrected chi connectivity index (χ4v) is 10.1. The van der Waals surface area contributed by atoms with E-state index in [0.717, 1.165) is 154 Å². The zero-order valence-electron chi connectivity index (χ0n) is 41.8. The van der Waals surface area contributed by atoms with E-state index in [-0.39, 0.29) is 41.4 Å². The number of hydrogen-bond donors (Lipinski definition) is 0. The molecule has 0 saturated heterocycles. The van der Waals surface area contributed by atoms with Gasteiger partial charge in [0, 0.05) is 35.5 Å². The van der Waals surface area contributed by atoms with E-state index in [4.69, 9.17) is 32.5 Å². The summed E-state index contributed by atoms with van der Waals surface area (Å²) in [6.07, 6.45) is 10.2. The molecule has 8 aromatic rings. The Morgan fingerprint density at radius 3 is 1.46 bits per heavy atom. The van der Waals surface area contributed by atoms with Gasteiger partial charge in [-0.25, -0.2) is 0 Å². The van der Waals surface area contributed by atoms with Gasteiger partial charge in [-0.3, -0.25) is 4.79 Å². The van der Waals surface area contributed by atoms with Crippen LogP contribution in [0.3, 0.4) is 0 Å². The third kappa shape index (κ3) is 12.4. The number of benzene rings is 6. The number of carbonyl (C=O) groups is 2. The number of methoxy groups -OCH3 is 1. The second-order valence-corrected chi connectivity index (χ2v) is 18.3. The molecule has 0 N–H and O–H groups in total. The van der Waals surface area contributed by atoms with E-state index in [0.29, 0.717) is 32.5 Å². The van der Waals surface area contributed by atoms with Gasteiger partial charge in [0.05, 0.1) is 26.2 Å². The maximum absolute atomic E-state index is 12.3. The van der Waals surface area contributed by atoms with E-state index in [9.17, 15) is 14.7 Å². The number of fused-ring (bicyclic) bond motifs is 6. The molecule has 10 rings (SSSR count). The maximum Gasteiger partial charge on any atom is 1.00 e. The van der Waals surface area contributed by atoms with Crippen molar-refractivity contribution in [3.63, 3.8) is 0 Å². The summed E-state index contributed by atoms with van der Waals surface area (Å²) in [6, 6.07) is 43.4. The average Bonchev–Trinajstić information content (AvgIpc) is 4.02. The Morgan fingerprint density at radius 2 is 1.01 bits per heavy atom. The van der Waals surface area contributed by atoms with E-state index in [1.54, 1.807) is 0 Å². The number of carbonyl (C=O) groups excluding carboxylic acids is 2. The Morgan fingerprint density at radius 1 is 0.556 bits per heavy atom. The van der Waals surface area contributed by atoms with Crippen molar-refractivity contribution < 1.29 is 76.8 Å². The van der Waals surface area contributed by atoms with Crippen LogP contribution in [0.25, 0.3) is 21.9 Å². The largest absolute Gasteiger partial charge is 1.00 e. The third-order valence-corrected chi connectivity index (χ3v) is 13.4. The summed E-state index contributed by atoms with van der Waals surface area (Å²) < 4.78 is 41.6. The minimum absolute atomic E-state index is 0. The second kappa shape index (κ2) is 24.8. The van der Waals surface area contributed by atoms with Crippen LogP contribution in [0.2, 0.25) is 0 Å². The molecule has 2 aromatic heterocycles. The normalized spacial score (nSPS) is 14.8. The molecule has 2 aliphatic rings. The predicted molar refractivity (Wildman–Crippen MR) is 273 cm³/mol. The Bertz CT molecular complexity index is 3080. The fourth-order valence-electron chi connectivity index (χ4n) is 10.1. The van der Waals surface area contributed by atoms with Gasteiger partial charge in [-0.15, -0.1) is 0 Å². The number of esters is 1. The number of aliphatic carboxylic acids is 1. The number of carboxylic acids is 1. The molecule has 0 saturated carbocycles. The van der Waals surface area contributed by atoms with Crippen LogP contribution in [-0.2, 0) is 52.9 Å². The first-order valence-corrected chi connectivity index (χ1v) is 25.1. The van der Waals surface area contributed by atoms with Crippen LogP contribution in [0.5, 0.6) is 34.5 Å². The molecule has 10 nitrogen and oxygen atoms in total. The Balaban J connectivity index is 0.000000190. The number of rotatable bonds is 18. The standard InChI is InChI=1S/C31H32O5.C30H30O5.Na/c1-3-8-21-19-23(35-22-9-5-4-6-10-22)13-15-29(21)34-18-17-24-20-28-25-11-7-12-27(31(32)33-2)26(25)14-16-30(28)36-24;1-2-7-20-18-22(34-21-8-4-3-5-9-21)12-14-28(20)33-17-16-23-19-27-24-10-6-11-26(30(31)32)25(24)13-15-29(27)35-23;/h4-6,9-10,13-16,19-20,27H,3,7-8,11-12,17-18H2,1-2H3;3-5,8-9,12-15,18-19,26H,2,6-7,10-11,16-17H2,1H3,(H,31,32);/q;;+1/p-1. The van der Waals surface area contributed by atoms with Gasteiger partial charge in [-0.05, 0) is 170 Å². The minimum atomic E-state index is -0.995. The van der Waals surface area contributed by atoms with Crippen molar-refractivity contribution in [2.24, 2.45) is 0 Å². The van der Waals surface area contributed by atoms with E-state index >= 15 is 0 Å². The van der Waals surface area contributed by atoms with Gasteiger partial charge in [0.2, 0.25) is 0 Å². The van der Waals surface area contributed by atoms with E-state index < -0.39 is 11.9 Å². The van der Waals surface area contributed by atoms with Crippen LogP contribution in [0, 0.1) is 0 Å². The zero-order valence-corrected chi connectivity index (χ0v) is 43.8. The summed E-state index contributed by atoms with van der Waals surface area (Å²) in [5.74, 6) is 4.83. The van der Waals surface area contributed by atoms with E-state index in [1.807, 2.05) is 121 Å². The summed E-state index contributed by atoms with van der Waals surface area (Å²) in [4.78, 5) is 23.8. The van der Waals surface area contributed by atoms with Crippen molar-refractivity contribution in [1.29, 1.82) is 0 Å². The van der Waals surface area contributed by atoms with Crippen LogP contribution >= 0.6 is 0 Å². The number of para-hydroxylation sites is 2. The van der Waals surface area contributed by atoms with Gasteiger partial charge >= 0.3 is 35.5 Å². The topological polar surface area (TPSA) is 130 Å². The molecule has 2 atom stereocenters. The van der Waals surface area contributed by atoms with Gasteiger partial charge in [-0.2, -0.15) is 0 Å². The Kier molecular flexibility index (Phi) is 17.9. The molecule has 6 aromatic carbocycles. The van der Waals surface area contributed by atoms with Crippen LogP contribution in [-0.4, -0.2) is 32.3 Å². The van der Waals surface area contributed by atoms with Gasteiger partial charge < -0.3 is 42.4 Å². The number of aryl methyl sites for hydroxylation is 4. The molecule has 0 amide bonds. The van der Waals surface area contributed by atoms with E-state index in [2.05, 4.69) is 26.0 Å². The first-order chi connectivity index (χ1) is 34.8. The number of furan rings is 2. The van der Waals surface area contributed by atoms with Crippen molar-refractivity contribution in [2.75, 3.05) is 20.3 Å². The second-order valence-electron chi connectivity index (χ2n) is 18.3. The summed E-state index contributed by atoms with van der Waals surface area (Å²) in [5.41, 5.74) is 8.16. The maximum atomic E-state index is 12.3. The van der Waals surface area contributed by atoms with Crippen molar-refractivity contribution in [2.45, 2.75) is 103 Å². The van der Waals surface area contributed by atoms with Gasteiger partial charge in [0.25, 0.3) is 0 Å². The molecule has 72 heavy (non-hydrogen) atoms. The molecule has 11 heteroatoms. The quantitative estimate of drug-likeness (QED) is 0.0605. The molecule has 0 spiro atoms. The number of hydrogen-bond acceptors (Lipinski definition) is 10. The molecule has 0 fully saturated rings. The molecule has 2 aliphatic carbocycles. The molecule has 2 heterocycles. The number of ether oxygens (including phenoxy) is 5. The van der Waals surface area contributed by atoms with Crippen molar-refractivity contribution >= 4 is 33.9 Å². The SMILES string of the molecule is CCCc1cc(Oc2ccccc2)ccc1OCCc1cc2c3c(ccc2o1)C(C(=O)OC)CCC3.CCCc1cc(Oc2ccccc2)ccc1OCCc1cc2c3c(ccc2o1)C(C(=O)[O-])CCC3.[Na+]. The molecule has 2 unspecified atom stereocenters. The Hall–Kier alpha value is -6.46. The molecule has 0 bridgehead atoms. The summed E-state index contributed by atoms with van der Waals surface area (Å²) in [6.45, 7) is 5.31. The van der Waals surface area contributed by atoms with Crippen LogP contribution in [0.4, 0.5) is 0 Å². The zero-order chi connectivity index (χ0) is 49.1. The predicted octanol–water partition coefficient (Wildman–Crippen LogP) is 10.4. The van der Waals surface area contributed by atoms with Gasteiger partial charge in [0.1, 0.15) is 57.2 Å². The van der Waals surface area contributed by atoms with Crippen LogP contribution < -0.4 is 53.6 Å². The summed E-state index contributed by atoms with van der Waals surface area (Å²) in [7, 11) is 1.46. The first-order valence-electron chi connectivity index (χ1n) is 25.1. The van der Waals surface area contributed by atoms with Crippen molar-refractivity contribution in [3.05, 3.63) is 178 Å². The summed E-state index contributed by atoms with van der Waals surface area (Å²) >= 11 is 0. The monoisotopic (exact) mass is 976 g/mol. The first kappa shape index (κ1) is 51.9. The van der Waals surface area contributed by atoms with Crippen molar-refractivity contribution in [1.82, 2.24) is 0 Å². The Labute approximate surface area is 443 Å². The van der Waals surface area contributed by atoms with E-state index in [1.165, 1.54) is 12.7 Å². The van der Waals surface area contributed by atoms with Crippen LogP contribution in [0.15, 0.2) is 142 Å². The van der Waals surface area contributed by atoms with Gasteiger partial charge in [0.15, 0.2) is 0 Å². The smallest absolute Gasteiger partial charge is 0.549 e.